The molecule has 138 valence electrons. The summed E-state index contributed by atoms with van der Waals surface area (Å²) in [5.41, 5.74) is -1.37. The maximum absolute atomic E-state index is 13.3. The van der Waals surface area contributed by atoms with Crippen LogP contribution >= 0.6 is 11.8 Å². The van der Waals surface area contributed by atoms with E-state index in [0.29, 0.717) is 12.3 Å². The number of imide groups is 1. The molecule has 0 unspecified atom stereocenters. The van der Waals surface area contributed by atoms with E-state index in [4.69, 9.17) is 4.74 Å². The van der Waals surface area contributed by atoms with Gasteiger partial charge in [-0.25, -0.2) is 9.69 Å². The van der Waals surface area contributed by atoms with Crippen LogP contribution in [0, 0.1) is 17.3 Å². The van der Waals surface area contributed by atoms with Gasteiger partial charge in [-0.1, -0.05) is 34.6 Å². The molecule has 6 heteroatoms. The highest BCUT2D eigenvalue weighted by atomic mass is 32.2. The molecule has 1 N–H and O–H groups in total. The summed E-state index contributed by atoms with van der Waals surface area (Å²) < 4.78 is 5.18. The molecule has 5 nitrogen and oxygen atoms in total. The first-order valence-corrected chi connectivity index (χ1v) is 9.87. The number of aliphatic hydroxyl groups is 1. The van der Waals surface area contributed by atoms with Gasteiger partial charge in [-0.3, -0.25) is 4.79 Å². The minimum Gasteiger partial charge on any atom is -0.447 e. The molecule has 2 fully saturated rings. The molecule has 24 heavy (non-hydrogen) atoms. The van der Waals surface area contributed by atoms with Crippen LogP contribution in [0.25, 0.3) is 0 Å². The Morgan fingerprint density at radius 1 is 1.46 bits per heavy atom. The summed E-state index contributed by atoms with van der Waals surface area (Å²) in [5, 5.41) is 11.0. The van der Waals surface area contributed by atoms with Crippen molar-refractivity contribution in [1.82, 2.24) is 4.90 Å². The van der Waals surface area contributed by atoms with E-state index in [1.54, 1.807) is 18.7 Å². The van der Waals surface area contributed by atoms with Gasteiger partial charge in [0, 0.05) is 5.25 Å². The molecule has 2 rings (SSSR count). The van der Waals surface area contributed by atoms with Crippen molar-refractivity contribution in [3.05, 3.63) is 0 Å². The predicted octanol–water partition coefficient (Wildman–Crippen LogP) is 3.30. The average Bonchev–Trinajstić information content (AvgIpc) is 2.78. The number of cyclic esters (lactones) is 1. The molecule has 0 aromatic carbocycles. The van der Waals surface area contributed by atoms with Crippen molar-refractivity contribution < 1.29 is 19.4 Å². The summed E-state index contributed by atoms with van der Waals surface area (Å²) in [5.74, 6) is 0.385. The number of amides is 2. The lowest BCUT2D eigenvalue weighted by Gasteiger charge is -2.45. The minimum atomic E-state index is -1.10. The Labute approximate surface area is 149 Å². The van der Waals surface area contributed by atoms with E-state index in [-0.39, 0.29) is 29.2 Å². The van der Waals surface area contributed by atoms with E-state index >= 15 is 0 Å². The molecule has 0 aromatic heterocycles. The van der Waals surface area contributed by atoms with Crippen LogP contribution in [-0.2, 0) is 9.53 Å². The molecule has 0 spiro atoms. The second kappa shape index (κ2) is 6.87. The van der Waals surface area contributed by atoms with Crippen LogP contribution in [-0.4, -0.2) is 51.3 Å². The van der Waals surface area contributed by atoms with Crippen LogP contribution < -0.4 is 0 Å². The number of ether oxygens (including phenoxy) is 1. The zero-order valence-corrected chi connectivity index (χ0v) is 16.5. The normalized spacial score (nSPS) is 37.5. The predicted molar refractivity (Wildman–Crippen MR) is 95.9 cm³/mol. The summed E-state index contributed by atoms with van der Waals surface area (Å²) in [4.78, 5) is 26.9. The molecule has 1 saturated carbocycles. The molecule has 1 aliphatic carbocycles. The third-order valence-electron chi connectivity index (χ3n) is 5.20. The Morgan fingerprint density at radius 2 is 2.08 bits per heavy atom. The fourth-order valence-electron chi connectivity index (χ4n) is 4.10. The highest BCUT2D eigenvalue weighted by Crippen LogP contribution is 2.44. The van der Waals surface area contributed by atoms with Gasteiger partial charge in [-0.2, -0.15) is 11.8 Å². The molecule has 0 aromatic rings. The van der Waals surface area contributed by atoms with Crippen molar-refractivity contribution in [2.75, 3.05) is 12.4 Å². The van der Waals surface area contributed by atoms with Gasteiger partial charge in [-0.05, 0) is 36.9 Å². The fourth-order valence-corrected chi connectivity index (χ4v) is 5.60. The number of hydrogen-bond donors (Lipinski definition) is 1. The molecule has 2 aliphatic rings. The quantitative estimate of drug-likeness (QED) is 0.839. The molecule has 1 aliphatic heterocycles. The van der Waals surface area contributed by atoms with E-state index < -0.39 is 17.6 Å². The van der Waals surface area contributed by atoms with Crippen molar-refractivity contribution in [2.45, 2.75) is 71.3 Å². The zero-order chi connectivity index (χ0) is 18.3. The minimum absolute atomic E-state index is 0.0234. The van der Waals surface area contributed by atoms with Crippen LogP contribution in [0.4, 0.5) is 4.79 Å². The maximum atomic E-state index is 13.3. The van der Waals surface area contributed by atoms with Crippen molar-refractivity contribution >= 4 is 23.8 Å². The second-order valence-electron chi connectivity index (χ2n) is 8.54. The van der Waals surface area contributed by atoms with Gasteiger partial charge >= 0.3 is 6.09 Å². The van der Waals surface area contributed by atoms with Crippen molar-refractivity contribution in [2.24, 2.45) is 17.3 Å². The van der Waals surface area contributed by atoms with Crippen LogP contribution in [0.5, 0.6) is 0 Å². The first kappa shape index (κ1) is 19.6. The van der Waals surface area contributed by atoms with Crippen LogP contribution in [0.1, 0.15) is 54.4 Å². The second-order valence-corrected chi connectivity index (χ2v) is 10.1. The topological polar surface area (TPSA) is 66.8 Å². The standard InChI is InChI=1S/C18H31NO4S/c1-7-24-12-8-11(2)9-18(6,22)14(12)15(20)19-13(17(3,4)5)10-23-16(19)21/h11-14,22H,7-10H2,1-6H3/t11-,12+,13+,14+,18+/m0/s1. The monoisotopic (exact) mass is 357 g/mol. The molecular formula is C18H31NO4S. The van der Waals surface area contributed by atoms with Crippen LogP contribution in [0.15, 0.2) is 0 Å². The number of hydrogen-bond acceptors (Lipinski definition) is 5. The van der Waals surface area contributed by atoms with Gasteiger partial charge in [0.05, 0.1) is 17.6 Å². The number of carbonyl (C=O) groups is 2. The third-order valence-corrected chi connectivity index (χ3v) is 6.42. The number of carbonyl (C=O) groups excluding carboxylic acids is 2. The fraction of sp³-hybridized carbons (Fsp3) is 0.889. The lowest BCUT2D eigenvalue weighted by molar-refractivity contribution is -0.147. The largest absolute Gasteiger partial charge is 0.447 e. The van der Waals surface area contributed by atoms with E-state index in [9.17, 15) is 14.7 Å². The average molecular weight is 358 g/mol. The van der Waals surface area contributed by atoms with Crippen LogP contribution in [0.3, 0.4) is 0 Å². The highest BCUT2D eigenvalue weighted by Gasteiger charge is 2.54. The summed E-state index contributed by atoms with van der Waals surface area (Å²) in [6.07, 6.45) is 0.885. The SMILES string of the molecule is CCS[C@@H]1C[C@H](C)C[C@@](C)(O)[C@H]1C(=O)N1C(=O)OC[C@@H]1C(C)(C)C. The van der Waals surface area contributed by atoms with Gasteiger partial charge in [0.15, 0.2) is 0 Å². The lowest BCUT2D eigenvalue weighted by atomic mass is 9.71. The van der Waals surface area contributed by atoms with Gasteiger partial charge in [0.2, 0.25) is 5.91 Å². The van der Waals surface area contributed by atoms with E-state index in [2.05, 4.69) is 13.8 Å². The lowest BCUT2D eigenvalue weighted by Crippen LogP contribution is -2.58. The van der Waals surface area contributed by atoms with Gasteiger partial charge in [-0.15, -0.1) is 0 Å². The molecule has 5 atom stereocenters. The Kier molecular flexibility index (Phi) is 5.60. The molecule has 0 bridgehead atoms. The Morgan fingerprint density at radius 3 is 2.62 bits per heavy atom. The molecule has 0 radical (unpaired) electrons. The molecular weight excluding hydrogens is 326 g/mol. The molecule has 1 saturated heterocycles. The van der Waals surface area contributed by atoms with Gasteiger partial charge < -0.3 is 9.84 Å². The number of nitrogens with zero attached hydrogens (tertiary/aromatic N) is 1. The van der Waals surface area contributed by atoms with Gasteiger partial charge in [0.25, 0.3) is 0 Å². The summed E-state index contributed by atoms with van der Waals surface area (Å²) in [7, 11) is 0. The highest BCUT2D eigenvalue weighted by molar-refractivity contribution is 7.99. The zero-order valence-electron chi connectivity index (χ0n) is 15.7. The number of thioether (sulfide) groups is 1. The summed E-state index contributed by atoms with van der Waals surface area (Å²) >= 11 is 1.70. The summed E-state index contributed by atoms with van der Waals surface area (Å²) in [6, 6.07) is -0.292. The van der Waals surface area contributed by atoms with Crippen molar-refractivity contribution in [1.29, 1.82) is 0 Å². The molecule has 2 amide bonds. The first-order valence-electron chi connectivity index (χ1n) is 8.82. The Hall–Kier alpha value is -0.750. The maximum Gasteiger partial charge on any atom is 0.417 e. The van der Waals surface area contributed by atoms with E-state index in [0.717, 1.165) is 12.2 Å². The Bertz CT molecular complexity index is 500. The summed E-state index contributed by atoms with van der Waals surface area (Å²) in [6.45, 7) is 12.1. The molecule has 1 heterocycles. The smallest absolute Gasteiger partial charge is 0.417 e. The first-order chi connectivity index (χ1) is 11.0. The van der Waals surface area contributed by atoms with Gasteiger partial charge in [0.1, 0.15) is 6.61 Å². The number of rotatable bonds is 3. The van der Waals surface area contributed by atoms with E-state index in [1.807, 2.05) is 20.8 Å². The van der Waals surface area contributed by atoms with Crippen molar-refractivity contribution in [3.63, 3.8) is 0 Å². The van der Waals surface area contributed by atoms with Crippen molar-refractivity contribution in [3.8, 4) is 0 Å². The van der Waals surface area contributed by atoms with Crippen LogP contribution in [0.2, 0.25) is 0 Å². The third kappa shape index (κ3) is 3.74. The van der Waals surface area contributed by atoms with E-state index in [1.165, 1.54) is 4.90 Å². The Balaban J connectivity index is 2.34.